The van der Waals surface area contributed by atoms with Crippen molar-refractivity contribution in [2.45, 2.75) is 31.9 Å². The van der Waals surface area contributed by atoms with Gasteiger partial charge in [-0.2, -0.15) is 0 Å². The van der Waals surface area contributed by atoms with Gasteiger partial charge in [0.05, 0.1) is 10.6 Å². The summed E-state index contributed by atoms with van der Waals surface area (Å²) < 4.78 is 46.0. The van der Waals surface area contributed by atoms with Gasteiger partial charge in [-0.05, 0) is 46.5 Å². The summed E-state index contributed by atoms with van der Waals surface area (Å²) in [5.41, 5.74) is 0.879. The summed E-state index contributed by atoms with van der Waals surface area (Å²) in [5.74, 6) is -0.236. The zero-order valence-electron chi connectivity index (χ0n) is 10.7. The summed E-state index contributed by atoms with van der Waals surface area (Å²) in [7, 11) is 0. The zero-order valence-corrected chi connectivity index (χ0v) is 12.3. The van der Waals surface area contributed by atoms with Crippen LogP contribution in [-0.2, 0) is 11.3 Å². The predicted octanol–water partition coefficient (Wildman–Crippen LogP) is 3.62. The van der Waals surface area contributed by atoms with Crippen molar-refractivity contribution in [1.29, 1.82) is 0 Å². The van der Waals surface area contributed by atoms with E-state index in [0.717, 1.165) is 31.6 Å². The SMILES string of the molecule is FC(F)(F)Oc1ccc(CNCC2CCCO2)cc1Br. The smallest absolute Gasteiger partial charge is 0.405 e. The highest BCUT2D eigenvalue weighted by atomic mass is 79.9. The molecule has 1 N–H and O–H groups in total. The number of hydrogen-bond donors (Lipinski definition) is 1. The Bertz CT molecular complexity index is 448. The largest absolute Gasteiger partial charge is 0.573 e. The Morgan fingerprint density at radius 2 is 2.20 bits per heavy atom. The maximum absolute atomic E-state index is 12.1. The fourth-order valence-electron chi connectivity index (χ4n) is 2.04. The standard InChI is InChI=1S/C13H15BrF3NO2/c14-11-6-9(3-4-12(11)20-13(15,16)17)7-18-8-10-2-1-5-19-10/h3-4,6,10,18H,1-2,5,7-8H2. The molecule has 1 heterocycles. The van der Waals surface area contributed by atoms with Crippen molar-refractivity contribution >= 4 is 15.9 Å². The van der Waals surface area contributed by atoms with Crippen LogP contribution in [0.1, 0.15) is 18.4 Å². The second-order valence-electron chi connectivity index (χ2n) is 4.58. The Hall–Kier alpha value is -0.790. The zero-order chi connectivity index (χ0) is 14.6. The lowest BCUT2D eigenvalue weighted by molar-refractivity contribution is -0.274. The van der Waals surface area contributed by atoms with Gasteiger partial charge in [-0.25, -0.2) is 0 Å². The van der Waals surface area contributed by atoms with E-state index in [1.165, 1.54) is 6.07 Å². The topological polar surface area (TPSA) is 30.5 Å². The van der Waals surface area contributed by atoms with Gasteiger partial charge in [-0.3, -0.25) is 0 Å². The van der Waals surface area contributed by atoms with E-state index < -0.39 is 6.36 Å². The van der Waals surface area contributed by atoms with E-state index in [9.17, 15) is 13.2 Å². The highest BCUT2D eigenvalue weighted by Gasteiger charge is 2.31. The van der Waals surface area contributed by atoms with Crippen LogP contribution in [0, 0.1) is 0 Å². The third-order valence-electron chi connectivity index (χ3n) is 2.95. The van der Waals surface area contributed by atoms with Gasteiger partial charge in [0.1, 0.15) is 5.75 Å². The van der Waals surface area contributed by atoms with Crippen molar-refractivity contribution in [2.24, 2.45) is 0 Å². The second-order valence-corrected chi connectivity index (χ2v) is 5.43. The molecule has 1 aromatic rings. The number of nitrogens with one attached hydrogen (secondary N) is 1. The molecular weight excluding hydrogens is 339 g/mol. The molecule has 1 unspecified atom stereocenters. The molecule has 7 heteroatoms. The summed E-state index contributed by atoms with van der Waals surface area (Å²) in [6.07, 6.45) is -2.30. The molecule has 1 saturated heterocycles. The molecule has 2 rings (SSSR count). The highest BCUT2D eigenvalue weighted by molar-refractivity contribution is 9.10. The number of rotatable bonds is 5. The molecule has 0 aromatic heterocycles. The van der Waals surface area contributed by atoms with E-state index in [1.54, 1.807) is 12.1 Å². The molecule has 3 nitrogen and oxygen atoms in total. The van der Waals surface area contributed by atoms with Gasteiger partial charge in [0.15, 0.2) is 0 Å². The predicted molar refractivity (Wildman–Crippen MR) is 71.5 cm³/mol. The minimum atomic E-state index is -4.68. The molecule has 0 bridgehead atoms. The van der Waals surface area contributed by atoms with Gasteiger partial charge in [0.2, 0.25) is 0 Å². The first-order valence-corrected chi connectivity index (χ1v) is 7.10. The van der Waals surface area contributed by atoms with Crippen molar-refractivity contribution < 1.29 is 22.6 Å². The van der Waals surface area contributed by atoms with Gasteiger partial charge in [0, 0.05) is 19.7 Å². The number of hydrogen-bond acceptors (Lipinski definition) is 3. The monoisotopic (exact) mass is 353 g/mol. The van der Waals surface area contributed by atoms with Crippen LogP contribution in [0.4, 0.5) is 13.2 Å². The summed E-state index contributed by atoms with van der Waals surface area (Å²) >= 11 is 3.08. The Morgan fingerprint density at radius 3 is 2.80 bits per heavy atom. The lowest BCUT2D eigenvalue weighted by Gasteiger charge is -2.13. The number of benzene rings is 1. The average Bonchev–Trinajstić information content (AvgIpc) is 2.84. The molecule has 1 aliphatic heterocycles. The van der Waals surface area contributed by atoms with Crippen LogP contribution in [0.25, 0.3) is 0 Å². The van der Waals surface area contributed by atoms with Crippen LogP contribution in [0.3, 0.4) is 0 Å². The first-order chi connectivity index (χ1) is 9.44. The van der Waals surface area contributed by atoms with Crippen LogP contribution < -0.4 is 10.1 Å². The van der Waals surface area contributed by atoms with Crippen LogP contribution in [0.15, 0.2) is 22.7 Å². The van der Waals surface area contributed by atoms with E-state index in [4.69, 9.17) is 4.74 Å². The van der Waals surface area contributed by atoms with E-state index in [1.807, 2.05) is 0 Å². The molecule has 20 heavy (non-hydrogen) atoms. The molecule has 0 saturated carbocycles. The van der Waals surface area contributed by atoms with Crippen molar-refractivity contribution in [3.63, 3.8) is 0 Å². The molecule has 1 atom stereocenters. The Morgan fingerprint density at radius 1 is 1.40 bits per heavy atom. The van der Waals surface area contributed by atoms with Gasteiger partial charge >= 0.3 is 6.36 Å². The average molecular weight is 354 g/mol. The summed E-state index contributed by atoms with van der Waals surface area (Å²) in [6, 6.07) is 4.53. The third kappa shape index (κ3) is 4.96. The third-order valence-corrected chi connectivity index (χ3v) is 3.57. The fourth-order valence-corrected chi connectivity index (χ4v) is 2.55. The van der Waals surface area contributed by atoms with E-state index >= 15 is 0 Å². The molecule has 112 valence electrons. The molecule has 1 aromatic carbocycles. The number of halogens is 4. The maximum Gasteiger partial charge on any atom is 0.573 e. The van der Waals surface area contributed by atoms with Crippen LogP contribution in [0.2, 0.25) is 0 Å². The molecule has 0 amide bonds. The van der Waals surface area contributed by atoms with Crippen molar-refractivity contribution in [1.82, 2.24) is 5.32 Å². The van der Waals surface area contributed by atoms with E-state index in [-0.39, 0.29) is 16.3 Å². The maximum atomic E-state index is 12.1. The molecule has 0 spiro atoms. The Balaban J connectivity index is 1.85. The quantitative estimate of drug-likeness (QED) is 0.876. The molecule has 0 aliphatic carbocycles. The molecule has 1 aliphatic rings. The Kier molecular flexibility index (Phi) is 5.29. The first kappa shape index (κ1) is 15.6. The Labute approximate surface area is 123 Å². The summed E-state index contributed by atoms with van der Waals surface area (Å²) in [6.45, 7) is 2.13. The van der Waals surface area contributed by atoms with Crippen LogP contribution >= 0.6 is 15.9 Å². The van der Waals surface area contributed by atoms with Crippen LogP contribution in [0.5, 0.6) is 5.75 Å². The number of ether oxygens (including phenoxy) is 2. The van der Waals surface area contributed by atoms with Crippen molar-refractivity contribution in [3.05, 3.63) is 28.2 Å². The van der Waals surface area contributed by atoms with Crippen molar-refractivity contribution in [3.8, 4) is 5.75 Å². The number of alkyl halides is 3. The lowest BCUT2D eigenvalue weighted by atomic mass is 10.2. The lowest BCUT2D eigenvalue weighted by Crippen LogP contribution is -2.25. The first-order valence-electron chi connectivity index (χ1n) is 6.30. The van der Waals surface area contributed by atoms with Gasteiger partial charge < -0.3 is 14.8 Å². The highest BCUT2D eigenvalue weighted by Crippen LogP contribution is 2.31. The minimum absolute atomic E-state index is 0.236. The second kappa shape index (κ2) is 6.78. The molecule has 0 radical (unpaired) electrons. The fraction of sp³-hybridized carbons (Fsp3) is 0.538. The van der Waals surface area contributed by atoms with E-state index in [2.05, 4.69) is 26.0 Å². The van der Waals surface area contributed by atoms with Gasteiger partial charge in [0.25, 0.3) is 0 Å². The minimum Gasteiger partial charge on any atom is -0.405 e. The van der Waals surface area contributed by atoms with Gasteiger partial charge in [-0.1, -0.05) is 6.07 Å². The summed E-state index contributed by atoms with van der Waals surface area (Å²) in [4.78, 5) is 0. The molecule has 1 fully saturated rings. The van der Waals surface area contributed by atoms with Gasteiger partial charge in [-0.15, -0.1) is 13.2 Å². The summed E-state index contributed by atoms with van der Waals surface area (Å²) in [5, 5.41) is 3.23. The van der Waals surface area contributed by atoms with Crippen molar-refractivity contribution in [2.75, 3.05) is 13.2 Å². The van der Waals surface area contributed by atoms with Crippen LogP contribution in [-0.4, -0.2) is 25.6 Å². The molecular formula is C13H15BrF3NO2. The normalized spacial score (nSPS) is 19.3. The van der Waals surface area contributed by atoms with E-state index in [0.29, 0.717) is 6.54 Å².